The smallest absolute Gasteiger partial charge is 0.191 e. The molecule has 9 heteroatoms. The van der Waals surface area contributed by atoms with Crippen molar-refractivity contribution in [2.75, 3.05) is 71.0 Å². The van der Waals surface area contributed by atoms with Gasteiger partial charge in [0.15, 0.2) is 5.96 Å². The molecule has 2 saturated heterocycles. The van der Waals surface area contributed by atoms with Crippen LogP contribution in [0.4, 0.5) is 5.69 Å². The van der Waals surface area contributed by atoms with E-state index in [4.69, 9.17) is 21.1 Å². The van der Waals surface area contributed by atoms with Crippen molar-refractivity contribution in [3.05, 3.63) is 29.3 Å². The summed E-state index contributed by atoms with van der Waals surface area (Å²) in [6.07, 6.45) is 2.32. The number of benzene rings is 1. The normalized spacial score (nSPS) is 20.9. The Hall–Kier alpha value is -0.810. The highest BCUT2D eigenvalue weighted by molar-refractivity contribution is 14.0. The van der Waals surface area contributed by atoms with Crippen LogP contribution < -0.4 is 15.5 Å². The molecule has 2 aliphatic rings. The molecule has 0 saturated carbocycles. The lowest BCUT2D eigenvalue weighted by Gasteiger charge is -2.36. The second-order valence-corrected chi connectivity index (χ2v) is 8.46. The van der Waals surface area contributed by atoms with Crippen molar-refractivity contribution >= 4 is 47.2 Å². The zero-order valence-corrected chi connectivity index (χ0v) is 21.8. The summed E-state index contributed by atoms with van der Waals surface area (Å²) in [5.41, 5.74) is 1.22. The summed E-state index contributed by atoms with van der Waals surface area (Å²) in [5.74, 6) is 0.833. The fourth-order valence-corrected chi connectivity index (χ4v) is 3.99. The summed E-state index contributed by atoms with van der Waals surface area (Å²) in [7, 11) is 1.81. The number of hydrogen-bond acceptors (Lipinski definition) is 5. The molecule has 0 aromatic heterocycles. The van der Waals surface area contributed by atoms with E-state index in [9.17, 15) is 0 Å². The number of aliphatic imine (C=N–C) groups is 1. The van der Waals surface area contributed by atoms with Crippen molar-refractivity contribution in [2.24, 2.45) is 4.99 Å². The number of guanidine groups is 1. The fourth-order valence-electron chi connectivity index (χ4n) is 3.81. The predicted octanol–water partition coefficient (Wildman–Crippen LogP) is 2.83. The Morgan fingerprint density at radius 2 is 2.13 bits per heavy atom. The Morgan fingerprint density at radius 3 is 2.81 bits per heavy atom. The number of anilines is 1. The third kappa shape index (κ3) is 9.29. The Bertz CT molecular complexity index is 667. The monoisotopic (exact) mass is 565 g/mol. The van der Waals surface area contributed by atoms with Gasteiger partial charge in [-0.05, 0) is 44.5 Å². The molecule has 0 aliphatic carbocycles. The third-order valence-electron chi connectivity index (χ3n) is 5.57. The fraction of sp³-hybridized carbons (Fsp3) is 0.682. The van der Waals surface area contributed by atoms with E-state index in [0.717, 1.165) is 69.7 Å². The summed E-state index contributed by atoms with van der Waals surface area (Å²) >= 11 is 6.12. The van der Waals surface area contributed by atoms with Crippen LogP contribution in [0.3, 0.4) is 0 Å². The molecule has 2 N–H and O–H groups in total. The van der Waals surface area contributed by atoms with Gasteiger partial charge in [-0.25, -0.2) is 0 Å². The Balaban J connectivity index is 0.00000341. The number of nitrogens with zero attached hydrogens (tertiary/aromatic N) is 3. The zero-order valence-electron chi connectivity index (χ0n) is 18.7. The van der Waals surface area contributed by atoms with Crippen molar-refractivity contribution in [1.82, 2.24) is 15.5 Å². The third-order valence-corrected chi connectivity index (χ3v) is 5.80. The van der Waals surface area contributed by atoms with Crippen LogP contribution in [0, 0.1) is 0 Å². The minimum Gasteiger partial charge on any atom is -0.379 e. The summed E-state index contributed by atoms with van der Waals surface area (Å²) < 4.78 is 11.2. The predicted molar refractivity (Wildman–Crippen MR) is 139 cm³/mol. The quantitative estimate of drug-likeness (QED) is 0.208. The van der Waals surface area contributed by atoms with Crippen LogP contribution in [-0.4, -0.2) is 89.1 Å². The first-order valence-corrected chi connectivity index (χ1v) is 11.4. The SMILES string of the molecule is CN=C(NCCCN1CCN(c2cccc(Cl)c2)CC1)NC(C)COC1CCOC1.I. The highest BCUT2D eigenvalue weighted by Gasteiger charge is 2.18. The first-order chi connectivity index (χ1) is 14.6. The molecule has 31 heavy (non-hydrogen) atoms. The largest absolute Gasteiger partial charge is 0.379 e. The maximum absolute atomic E-state index is 6.12. The van der Waals surface area contributed by atoms with E-state index in [1.54, 1.807) is 0 Å². The highest BCUT2D eigenvalue weighted by Crippen LogP contribution is 2.20. The van der Waals surface area contributed by atoms with E-state index in [0.29, 0.717) is 13.2 Å². The molecule has 2 heterocycles. The summed E-state index contributed by atoms with van der Waals surface area (Å²) in [4.78, 5) is 9.26. The van der Waals surface area contributed by atoms with E-state index in [1.807, 2.05) is 25.2 Å². The van der Waals surface area contributed by atoms with Gasteiger partial charge in [-0.15, -0.1) is 24.0 Å². The standard InChI is InChI=1S/C22H36ClN5O2.HI/c1-18(16-30-21-7-14-29-17-21)26-22(24-2)25-8-4-9-27-10-12-28(13-11-27)20-6-3-5-19(23)15-20;/h3,5-6,15,18,21H,4,7-14,16-17H2,1-2H3,(H2,24,25,26);1H. The van der Waals surface area contributed by atoms with Crippen LogP contribution in [0.5, 0.6) is 0 Å². The van der Waals surface area contributed by atoms with Crippen LogP contribution in [0.2, 0.25) is 5.02 Å². The van der Waals surface area contributed by atoms with Gasteiger partial charge in [0, 0.05) is 63.1 Å². The van der Waals surface area contributed by atoms with Crippen LogP contribution >= 0.6 is 35.6 Å². The van der Waals surface area contributed by atoms with Gasteiger partial charge in [0.2, 0.25) is 0 Å². The number of rotatable bonds is 9. The number of hydrogen-bond donors (Lipinski definition) is 2. The van der Waals surface area contributed by atoms with Gasteiger partial charge in [0.05, 0.1) is 19.3 Å². The van der Waals surface area contributed by atoms with Crippen LogP contribution in [0.15, 0.2) is 29.3 Å². The molecule has 3 rings (SSSR count). The molecule has 1 aromatic rings. The topological polar surface area (TPSA) is 61.4 Å². The molecular formula is C22H37ClIN5O2. The summed E-state index contributed by atoms with van der Waals surface area (Å²) in [6.45, 7) is 10.5. The van der Waals surface area contributed by atoms with Crippen molar-refractivity contribution < 1.29 is 9.47 Å². The average molecular weight is 566 g/mol. The Morgan fingerprint density at radius 1 is 1.32 bits per heavy atom. The van der Waals surface area contributed by atoms with Crippen LogP contribution in [-0.2, 0) is 9.47 Å². The van der Waals surface area contributed by atoms with E-state index in [1.165, 1.54) is 5.69 Å². The van der Waals surface area contributed by atoms with Crippen molar-refractivity contribution in [3.63, 3.8) is 0 Å². The van der Waals surface area contributed by atoms with Crippen LogP contribution in [0.1, 0.15) is 19.8 Å². The van der Waals surface area contributed by atoms with Gasteiger partial charge in [-0.2, -0.15) is 0 Å². The lowest BCUT2D eigenvalue weighted by Crippen LogP contribution is -2.48. The molecule has 2 fully saturated rings. The number of nitrogens with one attached hydrogen (secondary N) is 2. The molecule has 7 nitrogen and oxygen atoms in total. The van der Waals surface area contributed by atoms with Crippen molar-refractivity contribution in [2.45, 2.75) is 31.9 Å². The number of piperazine rings is 1. The molecule has 0 radical (unpaired) electrons. The van der Waals surface area contributed by atoms with E-state index in [2.05, 4.69) is 38.4 Å². The number of halogens is 2. The minimum atomic E-state index is 0. The van der Waals surface area contributed by atoms with Crippen LogP contribution in [0.25, 0.3) is 0 Å². The lowest BCUT2D eigenvalue weighted by molar-refractivity contribution is 0.0347. The molecular weight excluding hydrogens is 529 g/mol. The van der Waals surface area contributed by atoms with Gasteiger partial charge in [0.1, 0.15) is 0 Å². The zero-order chi connectivity index (χ0) is 21.2. The molecule has 2 aliphatic heterocycles. The van der Waals surface area contributed by atoms with Crippen molar-refractivity contribution in [3.8, 4) is 0 Å². The molecule has 0 bridgehead atoms. The van der Waals surface area contributed by atoms with Gasteiger partial charge in [0.25, 0.3) is 0 Å². The van der Waals surface area contributed by atoms with Gasteiger partial charge in [-0.3, -0.25) is 9.89 Å². The Labute approximate surface area is 208 Å². The summed E-state index contributed by atoms with van der Waals surface area (Å²) in [6, 6.07) is 8.34. The minimum absolute atomic E-state index is 0. The molecule has 0 spiro atoms. The highest BCUT2D eigenvalue weighted by atomic mass is 127. The molecule has 2 unspecified atom stereocenters. The van der Waals surface area contributed by atoms with Gasteiger partial charge >= 0.3 is 0 Å². The molecule has 2 atom stereocenters. The van der Waals surface area contributed by atoms with Gasteiger partial charge in [-0.1, -0.05) is 17.7 Å². The Kier molecular flexibility index (Phi) is 12.2. The van der Waals surface area contributed by atoms with E-state index in [-0.39, 0.29) is 36.1 Å². The number of ether oxygens (including phenoxy) is 2. The van der Waals surface area contributed by atoms with Crippen molar-refractivity contribution in [1.29, 1.82) is 0 Å². The first-order valence-electron chi connectivity index (χ1n) is 11.0. The molecule has 176 valence electrons. The second-order valence-electron chi connectivity index (χ2n) is 8.03. The maximum atomic E-state index is 6.12. The molecule has 0 amide bonds. The van der Waals surface area contributed by atoms with Gasteiger partial charge < -0.3 is 25.0 Å². The van der Waals surface area contributed by atoms with E-state index >= 15 is 0 Å². The average Bonchev–Trinajstić information content (AvgIpc) is 3.28. The second kappa shape index (κ2) is 14.4. The van der Waals surface area contributed by atoms with E-state index < -0.39 is 0 Å². The lowest BCUT2D eigenvalue weighted by atomic mass is 10.2. The summed E-state index contributed by atoms with van der Waals surface area (Å²) in [5, 5.41) is 7.62. The maximum Gasteiger partial charge on any atom is 0.191 e. The first kappa shape index (κ1) is 26.4. The molecule has 1 aromatic carbocycles.